The zero-order valence-corrected chi connectivity index (χ0v) is 11.3. The topological polar surface area (TPSA) is 44.5 Å². The number of halogens is 1. The second-order valence-corrected chi connectivity index (χ2v) is 5.19. The Bertz CT molecular complexity index is 375. The molecule has 1 rings (SSSR count). The number of rotatable bonds is 6. The molecule has 0 saturated carbocycles. The van der Waals surface area contributed by atoms with Crippen LogP contribution in [0.4, 0.5) is 4.39 Å². The second kappa shape index (κ2) is 6.83. The van der Waals surface area contributed by atoms with E-state index in [1.807, 2.05) is 26.8 Å². The van der Waals surface area contributed by atoms with Crippen molar-refractivity contribution in [3.05, 3.63) is 35.1 Å². The van der Waals surface area contributed by atoms with Gasteiger partial charge in [-0.05, 0) is 44.0 Å². The van der Waals surface area contributed by atoms with Gasteiger partial charge in [-0.15, -0.1) is 0 Å². The average molecular weight is 255 g/mol. The first-order chi connectivity index (χ1) is 8.40. The molecule has 18 heavy (non-hydrogen) atoms. The van der Waals surface area contributed by atoms with E-state index in [9.17, 15) is 4.39 Å². The summed E-state index contributed by atoms with van der Waals surface area (Å²) >= 11 is 0. The first-order valence-electron chi connectivity index (χ1n) is 6.11. The summed E-state index contributed by atoms with van der Waals surface area (Å²) < 4.78 is 24.2. The summed E-state index contributed by atoms with van der Waals surface area (Å²) in [4.78, 5) is 0. The van der Waals surface area contributed by atoms with Crippen molar-refractivity contribution < 1.29 is 13.9 Å². The Morgan fingerprint density at radius 2 is 1.78 bits per heavy atom. The molecule has 0 atom stereocenters. The van der Waals surface area contributed by atoms with Gasteiger partial charge >= 0.3 is 0 Å². The fraction of sp³-hybridized carbons (Fsp3) is 0.571. The van der Waals surface area contributed by atoms with Gasteiger partial charge in [-0.3, -0.25) is 0 Å². The number of hydrogen-bond donors (Lipinski definition) is 1. The first kappa shape index (κ1) is 15.1. The van der Waals surface area contributed by atoms with Crippen LogP contribution in [0.1, 0.15) is 31.9 Å². The SMILES string of the molecule is CC(C)(C)OCCOCc1cc(F)cc(CN)c1. The number of benzene rings is 1. The molecule has 0 spiro atoms. The zero-order valence-electron chi connectivity index (χ0n) is 11.3. The average Bonchev–Trinajstić information content (AvgIpc) is 2.26. The smallest absolute Gasteiger partial charge is 0.123 e. The summed E-state index contributed by atoms with van der Waals surface area (Å²) in [5, 5.41) is 0. The van der Waals surface area contributed by atoms with Crippen LogP contribution in [-0.4, -0.2) is 18.8 Å². The normalized spacial score (nSPS) is 11.8. The Labute approximate surface area is 108 Å². The molecule has 2 N–H and O–H groups in total. The summed E-state index contributed by atoms with van der Waals surface area (Å²) in [6.07, 6.45) is 0. The second-order valence-electron chi connectivity index (χ2n) is 5.19. The van der Waals surface area contributed by atoms with Crippen molar-refractivity contribution in [2.75, 3.05) is 13.2 Å². The van der Waals surface area contributed by atoms with E-state index in [0.29, 0.717) is 26.4 Å². The Kier molecular flexibility index (Phi) is 5.72. The van der Waals surface area contributed by atoms with Crippen LogP contribution in [0.3, 0.4) is 0 Å². The third kappa shape index (κ3) is 6.10. The summed E-state index contributed by atoms with van der Waals surface area (Å²) in [7, 11) is 0. The molecular weight excluding hydrogens is 233 g/mol. The maximum atomic E-state index is 13.2. The molecule has 4 heteroatoms. The first-order valence-corrected chi connectivity index (χ1v) is 6.11. The summed E-state index contributed by atoms with van der Waals surface area (Å²) in [5.74, 6) is -0.275. The fourth-order valence-electron chi connectivity index (χ4n) is 1.52. The highest BCUT2D eigenvalue weighted by Crippen LogP contribution is 2.10. The maximum absolute atomic E-state index is 13.2. The van der Waals surface area contributed by atoms with Crippen molar-refractivity contribution in [1.29, 1.82) is 0 Å². The molecule has 0 aliphatic heterocycles. The molecule has 0 heterocycles. The van der Waals surface area contributed by atoms with Crippen LogP contribution in [0, 0.1) is 5.82 Å². The van der Waals surface area contributed by atoms with Gasteiger partial charge in [0.1, 0.15) is 5.82 Å². The number of ether oxygens (including phenoxy) is 2. The van der Waals surface area contributed by atoms with Crippen molar-refractivity contribution in [2.24, 2.45) is 5.73 Å². The van der Waals surface area contributed by atoms with Crippen LogP contribution in [0.5, 0.6) is 0 Å². The zero-order chi connectivity index (χ0) is 13.6. The molecule has 0 unspecified atom stereocenters. The van der Waals surface area contributed by atoms with E-state index >= 15 is 0 Å². The molecule has 0 bridgehead atoms. The van der Waals surface area contributed by atoms with Crippen LogP contribution < -0.4 is 5.73 Å². The van der Waals surface area contributed by atoms with Crippen LogP contribution in [0.15, 0.2) is 18.2 Å². The van der Waals surface area contributed by atoms with Crippen LogP contribution >= 0.6 is 0 Å². The highest BCUT2D eigenvalue weighted by Gasteiger charge is 2.09. The molecule has 0 amide bonds. The van der Waals surface area contributed by atoms with Crippen molar-refractivity contribution in [3.63, 3.8) is 0 Å². The van der Waals surface area contributed by atoms with Crippen molar-refractivity contribution in [3.8, 4) is 0 Å². The molecule has 0 radical (unpaired) electrons. The third-order valence-electron chi connectivity index (χ3n) is 2.28. The van der Waals surface area contributed by atoms with Gasteiger partial charge in [0.15, 0.2) is 0 Å². The lowest BCUT2D eigenvalue weighted by atomic mass is 10.1. The summed E-state index contributed by atoms with van der Waals surface area (Å²) in [6.45, 7) is 7.71. The van der Waals surface area contributed by atoms with Gasteiger partial charge in [0.2, 0.25) is 0 Å². The number of nitrogens with two attached hydrogens (primary N) is 1. The van der Waals surface area contributed by atoms with Gasteiger partial charge in [-0.2, -0.15) is 0 Å². The maximum Gasteiger partial charge on any atom is 0.123 e. The minimum absolute atomic E-state index is 0.158. The Hall–Kier alpha value is -0.970. The molecule has 3 nitrogen and oxygen atoms in total. The molecule has 0 aliphatic rings. The molecule has 0 aromatic heterocycles. The van der Waals surface area contributed by atoms with Crippen LogP contribution in [0.2, 0.25) is 0 Å². The van der Waals surface area contributed by atoms with Crippen molar-refractivity contribution in [1.82, 2.24) is 0 Å². The third-order valence-corrected chi connectivity index (χ3v) is 2.28. The van der Waals surface area contributed by atoms with E-state index in [-0.39, 0.29) is 11.4 Å². The van der Waals surface area contributed by atoms with Crippen LogP contribution in [0.25, 0.3) is 0 Å². The monoisotopic (exact) mass is 255 g/mol. The molecular formula is C14H22FNO2. The minimum atomic E-state index is -0.275. The molecule has 0 saturated heterocycles. The van der Waals surface area contributed by atoms with Gasteiger partial charge in [-0.25, -0.2) is 4.39 Å². The van der Waals surface area contributed by atoms with Gasteiger partial charge < -0.3 is 15.2 Å². The van der Waals surface area contributed by atoms with Crippen molar-refractivity contribution >= 4 is 0 Å². The van der Waals surface area contributed by atoms with Crippen LogP contribution in [-0.2, 0) is 22.6 Å². The fourth-order valence-corrected chi connectivity index (χ4v) is 1.52. The molecule has 0 fully saturated rings. The predicted octanol–water partition coefficient (Wildman–Crippen LogP) is 2.62. The van der Waals surface area contributed by atoms with E-state index in [1.54, 1.807) is 0 Å². The Morgan fingerprint density at radius 1 is 1.11 bits per heavy atom. The van der Waals surface area contributed by atoms with Gasteiger partial charge in [0, 0.05) is 6.54 Å². The molecule has 1 aromatic rings. The largest absolute Gasteiger partial charge is 0.374 e. The van der Waals surface area contributed by atoms with E-state index in [1.165, 1.54) is 12.1 Å². The van der Waals surface area contributed by atoms with E-state index in [0.717, 1.165) is 11.1 Å². The quantitative estimate of drug-likeness (QED) is 0.795. The molecule has 102 valence electrons. The lowest BCUT2D eigenvalue weighted by molar-refractivity contribution is -0.0377. The van der Waals surface area contributed by atoms with E-state index in [2.05, 4.69) is 0 Å². The van der Waals surface area contributed by atoms with Gasteiger partial charge in [0.05, 0.1) is 25.4 Å². The minimum Gasteiger partial charge on any atom is -0.374 e. The molecule has 1 aromatic carbocycles. The van der Waals surface area contributed by atoms with Gasteiger partial charge in [-0.1, -0.05) is 6.07 Å². The molecule has 0 aliphatic carbocycles. The van der Waals surface area contributed by atoms with Crippen molar-refractivity contribution in [2.45, 2.75) is 39.5 Å². The lowest BCUT2D eigenvalue weighted by Gasteiger charge is -2.19. The lowest BCUT2D eigenvalue weighted by Crippen LogP contribution is -2.21. The van der Waals surface area contributed by atoms with Gasteiger partial charge in [0.25, 0.3) is 0 Å². The Balaban J connectivity index is 2.33. The predicted molar refractivity (Wildman–Crippen MR) is 69.7 cm³/mol. The highest BCUT2D eigenvalue weighted by atomic mass is 19.1. The van der Waals surface area contributed by atoms with E-state index in [4.69, 9.17) is 15.2 Å². The highest BCUT2D eigenvalue weighted by molar-refractivity contribution is 5.24. The summed E-state index contributed by atoms with van der Waals surface area (Å²) in [5.41, 5.74) is 6.90. The number of hydrogen-bond acceptors (Lipinski definition) is 3. The Morgan fingerprint density at radius 3 is 2.39 bits per heavy atom. The van der Waals surface area contributed by atoms with E-state index < -0.39 is 0 Å². The summed E-state index contributed by atoms with van der Waals surface area (Å²) in [6, 6.07) is 4.75. The standard InChI is InChI=1S/C14H22FNO2/c1-14(2,3)18-5-4-17-10-12-6-11(9-16)7-13(15)8-12/h6-8H,4-5,9-10,16H2,1-3H3.